The van der Waals surface area contributed by atoms with Crippen molar-refractivity contribution >= 4 is 29.4 Å². The van der Waals surface area contributed by atoms with Gasteiger partial charge in [0.1, 0.15) is 11.2 Å². The van der Waals surface area contributed by atoms with Crippen LogP contribution in [0.25, 0.3) is 12.2 Å². The lowest BCUT2D eigenvalue weighted by Crippen LogP contribution is -1.97. The lowest BCUT2D eigenvalue weighted by Gasteiger charge is -2.03. The zero-order valence-electron chi connectivity index (χ0n) is 8.18. The molecule has 6 heteroatoms. The fourth-order valence-electron chi connectivity index (χ4n) is 1.46. The largest absolute Gasteiger partial charge is 0.402 e. The molecule has 1 aromatic rings. The van der Waals surface area contributed by atoms with Crippen LogP contribution in [0.15, 0.2) is 18.0 Å². The van der Waals surface area contributed by atoms with Crippen LogP contribution in [0.1, 0.15) is 17.7 Å². The van der Waals surface area contributed by atoms with E-state index in [1.54, 1.807) is 12.2 Å². The topological polar surface area (TPSA) is 82.0 Å². The normalized spacial score (nSPS) is 13.9. The highest BCUT2D eigenvalue weighted by Gasteiger charge is 2.19. The van der Waals surface area contributed by atoms with Crippen LogP contribution in [0.5, 0.6) is 0 Å². The second-order valence-electron chi connectivity index (χ2n) is 3.34. The average molecular weight is 238 g/mol. The molecule has 0 aromatic carbocycles. The third-order valence-corrected chi connectivity index (χ3v) is 2.62. The third kappa shape index (κ3) is 1.77. The van der Waals surface area contributed by atoms with Crippen molar-refractivity contribution in [3.05, 3.63) is 44.4 Å². The molecule has 5 nitrogen and oxygen atoms in total. The minimum atomic E-state index is -0.561. The summed E-state index contributed by atoms with van der Waals surface area (Å²) in [5, 5.41) is 10.8. The van der Waals surface area contributed by atoms with Crippen LogP contribution in [0, 0.1) is 10.1 Å². The first-order valence-electron chi connectivity index (χ1n) is 4.55. The summed E-state index contributed by atoms with van der Waals surface area (Å²) < 4.78 is 0. The maximum Gasteiger partial charge on any atom is 0.306 e. The van der Waals surface area contributed by atoms with E-state index in [4.69, 9.17) is 17.3 Å². The Morgan fingerprint density at radius 3 is 3.00 bits per heavy atom. The zero-order chi connectivity index (χ0) is 11.7. The number of nitrogens with two attached hydrogens (primary N) is 1. The molecule has 0 radical (unpaired) electrons. The minimum absolute atomic E-state index is 0.0736. The first-order chi connectivity index (χ1) is 7.59. The minimum Gasteiger partial charge on any atom is -0.402 e. The summed E-state index contributed by atoms with van der Waals surface area (Å²) in [5.74, 6) is 0. The van der Waals surface area contributed by atoms with E-state index < -0.39 is 4.92 Å². The van der Waals surface area contributed by atoms with E-state index in [2.05, 4.69) is 4.98 Å². The van der Waals surface area contributed by atoms with Gasteiger partial charge in [-0.25, -0.2) is 4.98 Å². The van der Waals surface area contributed by atoms with Gasteiger partial charge in [-0.15, -0.1) is 0 Å². The van der Waals surface area contributed by atoms with Crippen molar-refractivity contribution in [1.82, 2.24) is 4.98 Å². The summed E-state index contributed by atoms with van der Waals surface area (Å²) in [7, 11) is 0. The van der Waals surface area contributed by atoms with Gasteiger partial charge in [-0.3, -0.25) is 10.1 Å². The van der Waals surface area contributed by atoms with Crippen molar-refractivity contribution in [2.75, 3.05) is 0 Å². The van der Waals surface area contributed by atoms with E-state index in [1.165, 1.54) is 0 Å². The Morgan fingerprint density at radius 1 is 1.56 bits per heavy atom. The van der Waals surface area contributed by atoms with Crippen molar-refractivity contribution in [2.24, 2.45) is 5.73 Å². The lowest BCUT2D eigenvalue weighted by molar-refractivity contribution is -0.385. The highest BCUT2D eigenvalue weighted by atomic mass is 35.5. The van der Waals surface area contributed by atoms with E-state index in [1.807, 2.05) is 6.08 Å². The number of hydrogen-bond donors (Lipinski definition) is 1. The van der Waals surface area contributed by atoms with Gasteiger partial charge in [-0.05, 0) is 12.2 Å². The molecule has 0 aliphatic heterocycles. The molecular weight excluding hydrogens is 230 g/mol. The van der Waals surface area contributed by atoms with Gasteiger partial charge < -0.3 is 5.73 Å². The Hall–Kier alpha value is -1.88. The van der Waals surface area contributed by atoms with Crippen LogP contribution in [0.4, 0.5) is 5.69 Å². The van der Waals surface area contributed by atoms with Crippen LogP contribution in [-0.4, -0.2) is 9.91 Å². The summed E-state index contributed by atoms with van der Waals surface area (Å²) in [5.41, 5.74) is 7.18. The predicted octanol–water partition coefficient (Wildman–Crippen LogP) is 2.36. The number of rotatable bonds is 1. The molecule has 0 fully saturated rings. The monoisotopic (exact) mass is 237 g/mol. The zero-order valence-corrected chi connectivity index (χ0v) is 8.94. The van der Waals surface area contributed by atoms with Crippen molar-refractivity contribution in [3.63, 3.8) is 0 Å². The molecule has 0 spiro atoms. The van der Waals surface area contributed by atoms with Crippen molar-refractivity contribution in [1.29, 1.82) is 0 Å². The lowest BCUT2D eigenvalue weighted by atomic mass is 10.1. The van der Waals surface area contributed by atoms with Crippen LogP contribution in [0.3, 0.4) is 0 Å². The molecule has 1 aliphatic carbocycles. The first kappa shape index (κ1) is 10.6. The van der Waals surface area contributed by atoms with Crippen molar-refractivity contribution < 1.29 is 4.92 Å². The van der Waals surface area contributed by atoms with E-state index in [0.717, 1.165) is 6.20 Å². The summed E-state index contributed by atoms with van der Waals surface area (Å²) >= 11 is 5.94. The maximum absolute atomic E-state index is 10.7. The van der Waals surface area contributed by atoms with Gasteiger partial charge in [0.15, 0.2) is 0 Å². The molecule has 1 aromatic heterocycles. The average Bonchev–Trinajstić information content (AvgIpc) is 2.40. The van der Waals surface area contributed by atoms with E-state index in [9.17, 15) is 10.1 Å². The number of hydrogen-bond acceptors (Lipinski definition) is 4. The molecule has 0 unspecified atom stereocenters. The molecule has 1 aliphatic rings. The van der Waals surface area contributed by atoms with Crippen LogP contribution in [0.2, 0.25) is 5.02 Å². The summed E-state index contributed by atoms with van der Waals surface area (Å²) in [6.45, 7) is 0. The highest BCUT2D eigenvalue weighted by molar-refractivity contribution is 6.34. The number of fused-ring (bicyclic) bond motifs is 1. The smallest absolute Gasteiger partial charge is 0.306 e. The molecule has 1 heterocycles. The Morgan fingerprint density at radius 2 is 2.31 bits per heavy atom. The van der Waals surface area contributed by atoms with Gasteiger partial charge >= 0.3 is 5.69 Å². The number of pyridine rings is 1. The van der Waals surface area contributed by atoms with E-state index >= 15 is 0 Å². The standard InChI is InChI=1S/C10H8ClN3O2/c11-10-7-4-6(12)2-1-3-8(7)13-5-9(10)14(15)16/h1,3-5H,2,12H2. The fraction of sp³-hybridized carbons (Fsp3) is 0.100. The number of nitrogens with zero attached hydrogens (tertiary/aromatic N) is 2. The Bertz CT molecular complexity index is 523. The molecular formula is C10H8ClN3O2. The molecule has 2 rings (SSSR count). The maximum atomic E-state index is 10.7. The number of allylic oxidation sites excluding steroid dienone is 1. The highest BCUT2D eigenvalue weighted by Crippen LogP contribution is 2.32. The van der Waals surface area contributed by atoms with Gasteiger partial charge in [-0.2, -0.15) is 0 Å². The van der Waals surface area contributed by atoms with Gasteiger partial charge in [0, 0.05) is 17.7 Å². The Balaban J connectivity index is 2.69. The van der Waals surface area contributed by atoms with Crippen molar-refractivity contribution in [2.45, 2.75) is 6.42 Å². The van der Waals surface area contributed by atoms with E-state index in [0.29, 0.717) is 23.4 Å². The van der Waals surface area contributed by atoms with E-state index in [-0.39, 0.29) is 10.7 Å². The molecule has 0 saturated carbocycles. The third-order valence-electron chi connectivity index (χ3n) is 2.22. The Labute approximate surface area is 96.4 Å². The SMILES string of the molecule is NC1=Cc2c(ncc([N+](=O)[O-])c2Cl)C=CC1. The van der Waals surface area contributed by atoms with Gasteiger partial charge in [0.2, 0.25) is 0 Å². The summed E-state index contributed by atoms with van der Waals surface area (Å²) in [6.07, 6.45) is 6.95. The molecule has 0 amide bonds. The van der Waals surface area contributed by atoms with Gasteiger partial charge in [-0.1, -0.05) is 17.7 Å². The summed E-state index contributed by atoms with van der Waals surface area (Å²) in [6, 6.07) is 0. The molecule has 0 atom stereocenters. The van der Waals surface area contributed by atoms with Crippen LogP contribution >= 0.6 is 11.6 Å². The Kier molecular flexibility index (Phi) is 2.62. The second kappa shape index (κ2) is 3.94. The molecule has 2 N–H and O–H groups in total. The number of nitro groups is 1. The summed E-state index contributed by atoms with van der Waals surface area (Å²) in [4.78, 5) is 14.1. The van der Waals surface area contributed by atoms with Crippen molar-refractivity contribution in [3.8, 4) is 0 Å². The molecule has 16 heavy (non-hydrogen) atoms. The van der Waals surface area contributed by atoms with Gasteiger partial charge in [0.05, 0.1) is 10.6 Å². The fourth-order valence-corrected chi connectivity index (χ4v) is 1.72. The van der Waals surface area contributed by atoms with Gasteiger partial charge in [0.25, 0.3) is 0 Å². The number of aromatic nitrogens is 1. The quantitative estimate of drug-likeness (QED) is 0.600. The second-order valence-corrected chi connectivity index (χ2v) is 3.72. The van der Waals surface area contributed by atoms with Crippen LogP contribution < -0.4 is 5.73 Å². The van der Waals surface area contributed by atoms with Crippen LogP contribution in [-0.2, 0) is 0 Å². The molecule has 0 bridgehead atoms. The predicted molar refractivity (Wildman–Crippen MR) is 61.7 cm³/mol. The molecule has 82 valence electrons. The number of halogens is 1. The molecule has 0 saturated heterocycles. The first-order valence-corrected chi connectivity index (χ1v) is 4.93.